The summed E-state index contributed by atoms with van der Waals surface area (Å²) in [5.74, 6) is 3.56. The van der Waals surface area contributed by atoms with Crippen LogP contribution in [0, 0.1) is 18.8 Å². The fourth-order valence-corrected chi connectivity index (χ4v) is 2.93. The van der Waals surface area contributed by atoms with Gasteiger partial charge in [-0.3, -0.25) is 0 Å². The lowest BCUT2D eigenvalue weighted by Gasteiger charge is -2.28. The highest BCUT2D eigenvalue weighted by atomic mass is 16.3. The van der Waals surface area contributed by atoms with Crippen LogP contribution in [-0.4, -0.2) is 0 Å². The zero-order valence-corrected chi connectivity index (χ0v) is 11.2. The van der Waals surface area contributed by atoms with Crippen LogP contribution < -0.4 is 0 Å². The first-order valence-corrected chi connectivity index (χ1v) is 6.90. The Morgan fingerprint density at radius 3 is 2.65 bits per heavy atom. The number of rotatable bonds is 4. The summed E-state index contributed by atoms with van der Waals surface area (Å²) in [6, 6.07) is 4.11. The zero-order chi connectivity index (χ0) is 12.3. The molecule has 0 N–H and O–H groups in total. The quantitative estimate of drug-likeness (QED) is 0.673. The Hall–Kier alpha value is -0.980. The SMILES string of the molecule is C=C(Cc1ccc(C)o1)C(C)C1CCCCC1. The summed E-state index contributed by atoms with van der Waals surface area (Å²) in [7, 11) is 0. The van der Waals surface area contributed by atoms with Crippen molar-refractivity contribution in [3.8, 4) is 0 Å². The lowest BCUT2D eigenvalue weighted by molar-refractivity contribution is 0.287. The van der Waals surface area contributed by atoms with Crippen molar-refractivity contribution in [3.05, 3.63) is 35.8 Å². The fourth-order valence-electron chi connectivity index (χ4n) is 2.93. The van der Waals surface area contributed by atoms with E-state index < -0.39 is 0 Å². The third-order valence-electron chi connectivity index (χ3n) is 4.20. The number of aryl methyl sites for hydroxylation is 1. The molecule has 0 spiro atoms. The Morgan fingerprint density at radius 2 is 2.06 bits per heavy atom. The number of furan rings is 1. The molecular weight excluding hydrogens is 208 g/mol. The van der Waals surface area contributed by atoms with Crippen molar-refractivity contribution in [1.29, 1.82) is 0 Å². The van der Waals surface area contributed by atoms with Crippen LogP contribution in [0.15, 0.2) is 28.7 Å². The monoisotopic (exact) mass is 232 g/mol. The summed E-state index contributed by atoms with van der Waals surface area (Å²) >= 11 is 0. The van der Waals surface area contributed by atoms with Gasteiger partial charge in [0, 0.05) is 6.42 Å². The predicted molar refractivity (Wildman–Crippen MR) is 72.0 cm³/mol. The summed E-state index contributed by atoms with van der Waals surface area (Å²) in [6.07, 6.45) is 7.91. The van der Waals surface area contributed by atoms with E-state index in [0.29, 0.717) is 5.92 Å². The first-order valence-electron chi connectivity index (χ1n) is 6.90. The Balaban J connectivity index is 1.90. The van der Waals surface area contributed by atoms with Crippen molar-refractivity contribution in [3.63, 3.8) is 0 Å². The molecule has 1 unspecified atom stereocenters. The van der Waals surface area contributed by atoms with Gasteiger partial charge in [-0.2, -0.15) is 0 Å². The first-order chi connectivity index (χ1) is 8.16. The van der Waals surface area contributed by atoms with Crippen molar-refractivity contribution < 1.29 is 4.42 Å². The molecule has 1 aliphatic rings. The second-order valence-corrected chi connectivity index (χ2v) is 5.53. The lowest BCUT2D eigenvalue weighted by atomic mass is 9.77. The molecule has 17 heavy (non-hydrogen) atoms. The van der Waals surface area contributed by atoms with Crippen molar-refractivity contribution >= 4 is 0 Å². The van der Waals surface area contributed by atoms with Gasteiger partial charge in [0.25, 0.3) is 0 Å². The summed E-state index contributed by atoms with van der Waals surface area (Å²) in [6.45, 7) is 8.61. The maximum Gasteiger partial charge on any atom is 0.108 e. The second kappa shape index (κ2) is 5.57. The van der Waals surface area contributed by atoms with E-state index in [1.807, 2.05) is 13.0 Å². The number of allylic oxidation sites excluding steroid dienone is 1. The Morgan fingerprint density at radius 1 is 1.35 bits per heavy atom. The van der Waals surface area contributed by atoms with E-state index in [2.05, 4.69) is 19.6 Å². The van der Waals surface area contributed by atoms with Crippen LogP contribution in [0.4, 0.5) is 0 Å². The molecule has 0 bridgehead atoms. The van der Waals surface area contributed by atoms with Gasteiger partial charge in [-0.15, -0.1) is 0 Å². The van der Waals surface area contributed by atoms with E-state index in [9.17, 15) is 0 Å². The number of hydrogen-bond donors (Lipinski definition) is 0. The average molecular weight is 232 g/mol. The average Bonchev–Trinajstić information content (AvgIpc) is 2.75. The minimum Gasteiger partial charge on any atom is -0.466 e. The van der Waals surface area contributed by atoms with Gasteiger partial charge >= 0.3 is 0 Å². The van der Waals surface area contributed by atoms with Gasteiger partial charge in [-0.25, -0.2) is 0 Å². The van der Waals surface area contributed by atoms with E-state index in [4.69, 9.17) is 4.42 Å². The Labute approximate surface area is 105 Å². The van der Waals surface area contributed by atoms with Gasteiger partial charge < -0.3 is 4.42 Å². The van der Waals surface area contributed by atoms with Crippen LogP contribution in [0.3, 0.4) is 0 Å². The standard InChI is InChI=1S/C16H24O/c1-12(11-16-10-9-13(2)17-16)14(3)15-7-5-4-6-8-15/h9-10,14-15H,1,4-8,11H2,2-3H3. The highest BCUT2D eigenvalue weighted by Crippen LogP contribution is 2.34. The van der Waals surface area contributed by atoms with Crippen LogP contribution in [0.25, 0.3) is 0 Å². The Kier molecular flexibility index (Phi) is 4.09. The first kappa shape index (κ1) is 12.5. The molecule has 1 fully saturated rings. The Bertz CT molecular complexity index is 369. The fraction of sp³-hybridized carbons (Fsp3) is 0.625. The molecule has 0 radical (unpaired) electrons. The molecule has 1 aromatic rings. The summed E-state index contributed by atoms with van der Waals surface area (Å²) in [4.78, 5) is 0. The molecule has 0 saturated heterocycles. The maximum atomic E-state index is 5.63. The maximum absolute atomic E-state index is 5.63. The van der Waals surface area contributed by atoms with Crippen molar-refractivity contribution in [2.75, 3.05) is 0 Å². The van der Waals surface area contributed by atoms with Crippen molar-refractivity contribution in [1.82, 2.24) is 0 Å². The van der Waals surface area contributed by atoms with E-state index >= 15 is 0 Å². The van der Waals surface area contributed by atoms with Gasteiger partial charge in [0.1, 0.15) is 11.5 Å². The molecule has 0 aromatic carbocycles. The van der Waals surface area contributed by atoms with Gasteiger partial charge in [-0.05, 0) is 43.7 Å². The van der Waals surface area contributed by atoms with E-state index in [1.165, 1.54) is 37.7 Å². The van der Waals surface area contributed by atoms with Crippen molar-refractivity contribution in [2.24, 2.45) is 11.8 Å². The lowest BCUT2D eigenvalue weighted by Crippen LogP contribution is -2.17. The molecule has 1 heteroatoms. The highest BCUT2D eigenvalue weighted by molar-refractivity contribution is 5.15. The van der Waals surface area contributed by atoms with E-state index in [-0.39, 0.29) is 0 Å². The van der Waals surface area contributed by atoms with E-state index in [0.717, 1.165) is 23.9 Å². The van der Waals surface area contributed by atoms with Crippen LogP contribution in [0.2, 0.25) is 0 Å². The summed E-state index contributed by atoms with van der Waals surface area (Å²) in [5, 5.41) is 0. The molecular formula is C16H24O. The van der Waals surface area contributed by atoms with Crippen LogP contribution in [0.1, 0.15) is 50.5 Å². The molecule has 1 heterocycles. The molecule has 1 aliphatic carbocycles. The molecule has 1 nitrogen and oxygen atoms in total. The van der Waals surface area contributed by atoms with Crippen molar-refractivity contribution in [2.45, 2.75) is 52.4 Å². The molecule has 0 amide bonds. The van der Waals surface area contributed by atoms with Crippen LogP contribution in [0.5, 0.6) is 0 Å². The zero-order valence-electron chi connectivity index (χ0n) is 11.2. The topological polar surface area (TPSA) is 13.1 Å². The van der Waals surface area contributed by atoms with Gasteiger partial charge in [0.2, 0.25) is 0 Å². The number of hydrogen-bond acceptors (Lipinski definition) is 1. The van der Waals surface area contributed by atoms with Gasteiger partial charge in [0.15, 0.2) is 0 Å². The molecule has 1 atom stereocenters. The summed E-state index contributed by atoms with van der Waals surface area (Å²) in [5.41, 5.74) is 1.34. The molecule has 0 aliphatic heterocycles. The normalized spacial score (nSPS) is 19.2. The van der Waals surface area contributed by atoms with Crippen LogP contribution >= 0.6 is 0 Å². The molecule has 94 valence electrons. The van der Waals surface area contributed by atoms with Gasteiger partial charge in [-0.1, -0.05) is 38.3 Å². The van der Waals surface area contributed by atoms with Gasteiger partial charge in [0.05, 0.1) is 0 Å². The smallest absolute Gasteiger partial charge is 0.108 e. The minimum atomic E-state index is 0.640. The molecule has 1 aromatic heterocycles. The largest absolute Gasteiger partial charge is 0.466 e. The second-order valence-electron chi connectivity index (χ2n) is 5.53. The van der Waals surface area contributed by atoms with E-state index in [1.54, 1.807) is 0 Å². The molecule has 1 saturated carbocycles. The minimum absolute atomic E-state index is 0.640. The third-order valence-corrected chi connectivity index (χ3v) is 4.20. The highest BCUT2D eigenvalue weighted by Gasteiger charge is 2.22. The summed E-state index contributed by atoms with van der Waals surface area (Å²) < 4.78 is 5.63. The molecule has 2 rings (SSSR count). The third kappa shape index (κ3) is 3.24. The predicted octanol–water partition coefficient (Wildman–Crippen LogP) is 4.90. The van der Waals surface area contributed by atoms with Crippen LogP contribution in [-0.2, 0) is 6.42 Å².